The molecular weight excluding hydrogens is 344 g/mol. The van der Waals surface area contributed by atoms with Crippen LogP contribution in [0.2, 0.25) is 0 Å². The number of sulfonamides is 1. The van der Waals surface area contributed by atoms with Crippen molar-refractivity contribution in [2.45, 2.75) is 44.6 Å². The molecule has 0 saturated heterocycles. The minimum absolute atomic E-state index is 0.00213. The first kappa shape index (κ1) is 21.1. The maximum atomic E-state index is 12.0. The maximum absolute atomic E-state index is 12.0. The molecule has 0 aliphatic rings. The average molecular weight is 370 g/mol. The van der Waals surface area contributed by atoms with E-state index in [2.05, 4.69) is 23.9 Å². The van der Waals surface area contributed by atoms with Crippen molar-refractivity contribution in [1.29, 1.82) is 0 Å². The van der Waals surface area contributed by atoms with E-state index in [9.17, 15) is 18.0 Å². The first-order valence-electron chi connectivity index (χ1n) is 8.15. The third kappa shape index (κ3) is 7.23. The van der Waals surface area contributed by atoms with Crippen molar-refractivity contribution in [3.05, 3.63) is 29.8 Å². The Morgan fingerprint density at radius 3 is 2.44 bits per heavy atom. The van der Waals surface area contributed by atoms with Gasteiger partial charge in [0.05, 0.1) is 10.5 Å². The lowest BCUT2D eigenvalue weighted by Gasteiger charge is -2.15. The Labute approximate surface area is 149 Å². The Kier molecular flexibility index (Phi) is 8.05. The van der Waals surface area contributed by atoms with Crippen LogP contribution in [0.3, 0.4) is 0 Å². The lowest BCUT2D eigenvalue weighted by Crippen LogP contribution is -2.36. The van der Waals surface area contributed by atoms with Gasteiger partial charge in [0.1, 0.15) is 0 Å². The Balaban J connectivity index is 2.57. The molecule has 0 fully saturated rings. The number of esters is 1. The SMILES string of the molecule is CNS(=O)(=O)c1cccc(C(=O)OCC(=O)N[C@H](C)CCC(C)C)c1. The summed E-state index contributed by atoms with van der Waals surface area (Å²) < 4.78 is 30.6. The molecule has 1 atom stereocenters. The minimum atomic E-state index is -3.65. The smallest absolute Gasteiger partial charge is 0.338 e. The lowest BCUT2D eigenvalue weighted by molar-refractivity contribution is -0.124. The monoisotopic (exact) mass is 370 g/mol. The zero-order valence-corrected chi connectivity index (χ0v) is 15.9. The molecule has 0 spiro atoms. The molecule has 0 unspecified atom stereocenters. The molecule has 1 aromatic rings. The van der Waals surface area contributed by atoms with Gasteiger partial charge in [-0.2, -0.15) is 0 Å². The third-order valence-electron chi connectivity index (χ3n) is 3.57. The molecule has 0 aliphatic heterocycles. The van der Waals surface area contributed by atoms with Gasteiger partial charge in [0.2, 0.25) is 10.0 Å². The second-order valence-corrected chi connectivity index (χ2v) is 8.14. The van der Waals surface area contributed by atoms with Crippen LogP contribution in [0.1, 0.15) is 44.0 Å². The summed E-state index contributed by atoms with van der Waals surface area (Å²) in [5.74, 6) is -0.583. The van der Waals surface area contributed by atoms with Crippen molar-refractivity contribution in [3.63, 3.8) is 0 Å². The predicted molar refractivity (Wildman–Crippen MR) is 94.6 cm³/mol. The fourth-order valence-electron chi connectivity index (χ4n) is 2.09. The summed E-state index contributed by atoms with van der Waals surface area (Å²) in [7, 11) is -2.37. The van der Waals surface area contributed by atoms with Crippen LogP contribution in [0.15, 0.2) is 29.2 Å². The third-order valence-corrected chi connectivity index (χ3v) is 4.98. The number of carbonyl (C=O) groups is 2. The summed E-state index contributed by atoms with van der Waals surface area (Å²) in [5, 5.41) is 2.76. The Morgan fingerprint density at radius 2 is 1.84 bits per heavy atom. The average Bonchev–Trinajstić information content (AvgIpc) is 2.58. The Morgan fingerprint density at radius 1 is 1.16 bits per heavy atom. The summed E-state index contributed by atoms with van der Waals surface area (Å²) in [6.07, 6.45) is 1.84. The van der Waals surface area contributed by atoms with Crippen molar-refractivity contribution in [2.24, 2.45) is 5.92 Å². The van der Waals surface area contributed by atoms with Crippen LogP contribution in [-0.4, -0.2) is 40.0 Å². The molecule has 0 aromatic heterocycles. The molecule has 2 N–H and O–H groups in total. The van der Waals surface area contributed by atoms with Gasteiger partial charge in [-0.05, 0) is 50.9 Å². The van der Waals surface area contributed by atoms with Crippen LogP contribution in [-0.2, 0) is 19.6 Å². The van der Waals surface area contributed by atoms with Gasteiger partial charge in [0.15, 0.2) is 6.61 Å². The van der Waals surface area contributed by atoms with Crippen LogP contribution in [0.4, 0.5) is 0 Å². The molecule has 0 radical (unpaired) electrons. The summed E-state index contributed by atoms with van der Waals surface area (Å²) in [6, 6.07) is 5.44. The Hall–Kier alpha value is -1.93. The molecule has 1 rings (SSSR count). The minimum Gasteiger partial charge on any atom is -0.452 e. The molecule has 1 amide bonds. The van der Waals surface area contributed by atoms with Crippen molar-refractivity contribution in [3.8, 4) is 0 Å². The first-order valence-corrected chi connectivity index (χ1v) is 9.64. The maximum Gasteiger partial charge on any atom is 0.338 e. The molecule has 0 heterocycles. The van der Waals surface area contributed by atoms with Gasteiger partial charge >= 0.3 is 5.97 Å². The molecule has 1 aromatic carbocycles. The molecule has 8 heteroatoms. The van der Waals surface area contributed by atoms with Crippen molar-refractivity contribution >= 4 is 21.9 Å². The van der Waals surface area contributed by atoms with Gasteiger partial charge in [-0.3, -0.25) is 4.79 Å². The molecule has 0 aliphatic carbocycles. The van der Waals surface area contributed by atoms with Crippen LogP contribution in [0.5, 0.6) is 0 Å². The zero-order valence-electron chi connectivity index (χ0n) is 15.0. The van der Waals surface area contributed by atoms with Gasteiger partial charge in [-0.15, -0.1) is 0 Å². The normalized spacial score (nSPS) is 12.7. The van der Waals surface area contributed by atoms with E-state index in [1.54, 1.807) is 0 Å². The van der Waals surface area contributed by atoms with E-state index in [1.165, 1.54) is 31.3 Å². The van der Waals surface area contributed by atoms with Crippen LogP contribution < -0.4 is 10.0 Å². The molecule has 25 heavy (non-hydrogen) atoms. The van der Waals surface area contributed by atoms with Crippen LogP contribution in [0.25, 0.3) is 0 Å². The fourth-order valence-corrected chi connectivity index (χ4v) is 2.87. The largest absolute Gasteiger partial charge is 0.452 e. The van der Waals surface area contributed by atoms with E-state index >= 15 is 0 Å². The highest BCUT2D eigenvalue weighted by atomic mass is 32.2. The van der Waals surface area contributed by atoms with Crippen LogP contribution >= 0.6 is 0 Å². The number of hydrogen-bond acceptors (Lipinski definition) is 5. The molecule has 0 saturated carbocycles. The van der Waals surface area contributed by atoms with Crippen molar-refractivity contribution in [1.82, 2.24) is 10.0 Å². The number of rotatable bonds is 9. The van der Waals surface area contributed by atoms with E-state index in [1.807, 2.05) is 6.92 Å². The number of nitrogens with one attached hydrogen (secondary N) is 2. The van der Waals surface area contributed by atoms with Gasteiger partial charge in [0, 0.05) is 6.04 Å². The second kappa shape index (κ2) is 9.53. The summed E-state index contributed by atoms with van der Waals surface area (Å²) in [5.41, 5.74) is 0.0666. The topological polar surface area (TPSA) is 102 Å². The molecule has 7 nitrogen and oxygen atoms in total. The van der Waals surface area contributed by atoms with E-state index in [0.717, 1.165) is 12.8 Å². The highest BCUT2D eigenvalue weighted by Crippen LogP contribution is 2.12. The molecule has 140 valence electrons. The van der Waals surface area contributed by atoms with Crippen molar-refractivity contribution < 1.29 is 22.7 Å². The standard InChI is InChI=1S/C17H26N2O5S/c1-12(2)8-9-13(3)19-16(20)11-24-17(21)14-6-5-7-15(10-14)25(22,23)18-4/h5-7,10,12-13,18H,8-9,11H2,1-4H3,(H,19,20)/t13-/m1/s1. The zero-order chi connectivity index (χ0) is 19.0. The van der Waals surface area contributed by atoms with Crippen molar-refractivity contribution in [2.75, 3.05) is 13.7 Å². The number of benzene rings is 1. The summed E-state index contributed by atoms with van der Waals surface area (Å²) in [6.45, 7) is 5.71. The lowest BCUT2D eigenvalue weighted by atomic mass is 10.0. The van der Waals surface area contributed by atoms with Gasteiger partial charge in [0.25, 0.3) is 5.91 Å². The fraction of sp³-hybridized carbons (Fsp3) is 0.529. The van der Waals surface area contributed by atoms with Gasteiger partial charge in [-0.1, -0.05) is 19.9 Å². The first-order chi connectivity index (χ1) is 11.7. The number of ether oxygens (including phenoxy) is 1. The van der Waals surface area contributed by atoms with E-state index < -0.39 is 22.6 Å². The molecule has 0 bridgehead atoms. The van der Waals surface area contributed by atoms with Gasteiger partial charge in [-0.25, -0.2) is 17.9 Å². The predicted octanol–water partition coefficient (Wildman–Crippen LogP) is 1.69. The van der Waals surface area contributed by atoms with Gasteiger partial charge < -0.3 is 10.1 Å². The highest BCUT2D eigenvalue weighted by Gasteiger charge is 2.16. The van der Waals surface area contributed by atoms with E-state index in [-0.39, 0.29) is 22.4 Å². The Bertz CT molecular complexity index is 701. The summed E-state index contributed by atoms with van der Waals surface area (Å²) in [4.78, 5) is 23.8. The molecular formula is C17H26N2O5S. The second-order valence-electron chi connectivity index (χ2n) is 6.25. The summed E-state index contributed by atoms with van der Waals surface area (Å²) >= 11 is 0. The number of amides is 1. The van der Waals surface area contributed by atoms with E-state index in [0.29, 0.717) is 5.92 Å². The quantitative estimate of drug-likeness (QED) is 0.644. The number of hydrogen-bond donors (Lipinski definition) is 2. The van der Waals surface area contributed by atoms with Crippen LogP contribution in [0, 0.1) is 5.92 Å². The highest BCUT2D eigenvalue weighted by molar-refractivity contribution is 7.89. The van der Waals surface area contributed by atoms with E-state index in [4.69, 9.17) is 4.74 Å². The number of carbonyl (C=O) groups excluding carboxylic acids is 2.